The van der Waals surface area contributed by atoms with E-state index in [2.05, 4.69) is 31.2 Å². The van der Waals surface area contributed by atoms with Gasteiger partial charge >= 0.3 is 0 Å². The zero-order chi connectivity index (χ0) is 20.1. The highest BCUT2D eigenvalue weighted by Crippen LogP contribution is 2.28. The second-order valence-electron chi connectivity index (χ2n) is 6.82. The Balaban J connectivity index is 1.71. The lowest BCUT2D eigenvalue weighted by atomic mass is 9.84. The van der Waals surface area contributed by atoms with Gasteiger partial charge in [-0.1, -0.05) is 17.4 Å². The zero-order valence-electron chi connectivity index (χ0n) is 14.9. The third kappa shape index (κ3) is 5.40. The van der Waals surface area contributed by atoms with Crippen molar-refractivity contribution in [3.8, 4) is 0 Å². The molecule has 150 valence electrons. The molecule has 2 aromatic rings. The molecule has 0 amide bonds. The van der Waals surface area contributed by atoms with E-state index >= 15 is 0 Å². The van der Waals surface area contributed by atoms with E-state index in [0.29, 0.717) is 23.7 Å². The molecule has 0 saturated heterocycles. The Morgan fingerprint density at radius 2 is 2.07 bits per heavy atom. The summed E-state index contributed by atoms with van der Waals surface area (Å²) in [5.41, 5.74) is 3.10. The average Bonchev–Trinajstić information content (AvgIpc) is 3.12. The summed E-state index contributed by atoms with van der Waals surface area (Å²) in [4.78, 5) is 5.04. The van der Waals surface area contributed by atoms with E-state index in [1.165, 1.54) is 18.2 Å². The van der Waals surface area contributed by atoms with E-state index in [1.807, 2.05) is 5.48 Å². The maximum atomic E-state index is 13.4. The Labute approximate surface area is 175 Å². The lowest BCUT2D eigenvalue weighted by molar-refractivity contribution is 0.110. The Morgan fingerprint density at radius 3 is 2.75 bits per heavy atom. The summed E-state index contributed by atoms with van der Waals surface area (Å²) in [7, 11) is 0. The number of aliphatic imine (C=N–C) groups is 1. The number of halogens is 2. The summed E-state index contributed by atoms with van der Waals surface area (Å²) in [6, 6.07) is 4.20. The number of aromatic nitrogens is 2. The number of amidine groups is 1. The summed E-state index contributed by atoms with van der Waals surface area (Å²) >= 11 is 8.61. The van der Waals surface area contributed by atoms with Crippen LogP contribution in [0, 0.1) is 11.7 Å². The second-order valence-corrected chi connectivity index (χ2v) is 8.26. The fraction of sp³-hybridized carbons (Fsp3) is 0.444. The number of hydrogen-bond acceptors (Lipinski definition) is 7. The fourth-order valence-corrected chi connectivity index (χ4v) is 3.99. The molecule has 0 radical (unpaired) electrons. The molecule has 7 nitrogen and oxygen atoms in total. The maximum absolute atomic E-state index is 13.4. The molecule has 0 bridgehead atoms. The van der Waals surface area contributed by atoms with Crippen molar-refractivity contribution in [3.05, 3.63) is 39.9 Å². The molecule has 1 heterocycles. The SMILES string of the molecule is ONC(=Nc1ccc(F)c(Br)c1)c1nonc1CC(=S)CC1CCC(O)CC1. The molecule has 0 atom stereocenters. The summed E-state index contributed by atoms with van der Waals surface area (Å²) < 4.78 is 18.5. The van der Waals surface area contributed by atoms with Crippen molar-refractivity contribution in [1.29, 1.82) is 0 Å². The minimum atomic E-state index is -0.415. The number of rotatable bonds is 6. The van der Waals surface area contributed by atoms with Crippen LogP contribution < -0.4 is 5.48 Å². The number of hydrogen-bond donors (Lipinski definition) is 3. The van der Waals surface area contributed by atoms with Gasteiger partial charge in [-0.25, -0.2) is 14.0 Å². The maximum Gasteiger partial charge on any atom is 0.182 e. The van der Waals surface area contributed by atoms with Gasteiger partial charge in [0, 0.05) is 6.42 Å². The van der Waals surface area contributed by atoms with Crippen LogP contribution in [0.5, 0.6) is 0 Å². The summed E-state index contributed by atoms with van der Waals surface area (Å²) in [6.07, 6.45) is 4.45. The topological polar surface area (TPSA) is 104 Å². The summed E-state index contributed by atoms with van der Waals surface area (Å²) in [6.45, 7) is 0. The molecule has 1 aliphatic rings. The minimum Gasteiger partial charge on any atom is -0.393 e. The Hall–Kier alpha value is -1.75. The first kappa shape index (κ1) is 21.0. The van der Waals surface area contributed by atoms with Crippen LogP contribution in [0.2, 0.25) is 0 Å². The van der Waals surface area contributed by atoms with Crippen molar-refractivity contribution in [1.82, 2.24) is 15.8 Å². The number of benzene rings is 1. The highest BCUT2D eigenvalue weighted by atomic mass is 79.9. The number of aliphatic hydroxyl groups is 1. The van der Waals surface area contributed by atoms with Crippen molar-refractivity contribution in [2.45, 2.75) is 44.6 Å². The third-order valence-corrected chi connectivity index (χ3v) is 5.65. The van der Waals surface area contributed by atoms with E-state index in [4.69, 9.17) is 16.8 Å². The van der Waals surface area contributed by atoms with Gasteiger partial charge in [0.2, 0.25) is 0 Å². The second kappa shape index (κ2) is 9.64. The van der Waals surface area contributed by atoms with Crippen LogP contribution in [0.3, 0.4) is 0 Å². The molecule has 10 heteroatoms. The predicted octanol–water partition coefficient (Wildman–Crippen LogP) is 3.88. The number of nitrogens with one attached hydrogen (secondary N) is 1. The third-order valence-electron chi connectivity index (χ3n) is 4.73. The van der Waals surface area contributed by atoms with Crippen LogP contribution in [0.1, 0.15) is 43.5 Å². The van der Waals surface area contributed by atoms with Crippen LogP contribution in [0.4, 0.5) is 10.1 Å². The van der Waals surface area contributed by atoms with Crippen LogP contribution in [0.25, 0.3) is 0 Å². The van der Waals surface area contributed by atoms with Gasteiger partial charge in [0.1, 0.15) is 11.5 Å². The highest BCUT2D eigenvalue weighted by molar-refractivity contribution is 9.10. The van der Waals surface area contributed by atoms with Gasteiger partial charge in [-0.3, -0.25) is 10.7 Å². The van der Waals surface area contributed by atoms with E-state index < -0.39 is 5.82 Å². The van der Waals surface area contributed by atoms with Crippen molar-refractivity contribution < 1.29 is 19.3 Å². The molecule has 1 fully saturated rings. The number of nitrogens with zero attached hydrogens (tertiary/aromatic N) is 3. The van der Waals surface area contributed by atoms with Crippen molar-refractivity contribution in [2.24, 2.45) is 10.9 Å². The van der Waals surface area contributed by atoms with Crippen LogP contribution >= 0.6 is 28.1 Å². The molecular formula is C18H20BrFN4O3S. The van der Waals surface area contributed by atoms with Crippen LogP contribution in [-0.2, 0) is 6.42 Å². The normalized spacial score (nSPS) is 20.2. The van der Waals surface area contributed by atoms with Crippen molar-refractivity contribution in [2.75, 3.05) is 0 Å². The first-order valence-corrected chi connectivity index (χ1v) is 10.1. The Bertz CT molecular complexity index is 868. The smallest absolute Gasteiger partial charge is 0.182 e. The molecule has 1 aromatic heterocycles. The molecule has 28 heavy (non-hydrogen) atoms. The van der Waals surface area contributed by atoms with Gasteiger partial charge in [0.15, 0.2) is 11.5 Å². The monoisotopic (exact) mass is 470 g/mol. The van der Waals surface area contributed by atoms with Crippen molar-refractivity contribution in [3.63, 3.8) is 0 Å². The van der Waals surface area contributed by atoms with Gasteiger partial charge in [0.05, 0.1) is 16.3 Å². The van der Waals surface area contributed by atoms with Gasteiger partial charge in [-0.05, 0) is 82.2 Å². The molecule has 0 spiro atoms. The Kier molecular flexibility index (Phi) is 7.22. The Morgan fingerprint density at radius 1 is 1.32 bits per heavy atom. The predicted molar refractivity (Wildman–Crippen MR) is 108 cm³/mol. The highest BCUT2D eigenvalue weighted by Gasteiger charge is 2.23. The molecule has 1 aliphatic carbocycles. The lowest BCUT2D eigenvalue weighted by Gasteiger charge is -2.25. The molecule has 0 unspecified atom stereocenters. The first-order chi connectivity index (χ1) is 13.5. The molecule has 3 rings (SSSR count). The number of aliphatic hydroxyl groups excluding tert-OH is 1. The lowest BCUT2D eigenvalue weighted by Crippen LogP contribution is -2.23. The van der Waals surface area contributed by atoms with Gasteiger partial charge in [0.25, 0.3) is 0 Å². The van der Waals surface area contributed by atoms with E-state index in [-0.39, 0.29) is 22.1 Å². The van der Waals surface area contributed by atoms with E-state index in [1.54, 1.807) is 0 Å². The standard InChI is InChI=1S/C18H20BrFN4O3S/c19-14-8-11(3-6-15(14)20)21-18(22-26)17-16(23-27-24-17)9-13(28)7-10-1-4-12(25)5-2-10/h3,6,8,10,12,25-26H,1-2,4-5,7,9H2,(H,21,22). The fourth-order valence-electron chi connectivity index (χ4n) is 3.25. The van der Waals surface area contributed by atoms with E-state index in [9.17, 15) is 14.7 Å². The number of thiocarbonyl (C=S) groups is 1. The van der Waals surface area contributed by atoms with Crippen LogP contribution in [0.15, 0.2) is 32.3 Å². The molecule has 0 aliphatic heterocycles. The van der Waals surface area contributed by atoms with Gasteiger partial charge < -0.3 is 5.11 Å². The summed E-state index contributed by atoms with van der Waals surface area (Å²) in [5.74, 6) is 0.0695. The quantitative estimate of drug-likeness (QED) is 0.254. The van der Waals surface area contributed by atoms with Crippen LogP contribution in [-0.4, -0.2) is 37.4 Å². The molecule has 3 N–H and O–H groups in total. The first-order valence-electron chi connectivity index (χ1n) is 8.91. The molecule has 1 aromatic carbocycles. The van der Waals surface area contributed by atoms with E-state index in [0.717, 1.165) is 37.0 Å². The molecule has 1 saturated carbocycles. The average molecular weight is 471 g/mol. The van der Waals surface area contributed by atoms with Gasteiger partial charge in [-0.2, -0.15) is 0 Å². The van der Waals surface area contributed by atoms with Gasteiger partial charge in [-0.15, -0.1) is 0 Å². The van der Waals surface area contributed by atoms with Crippen molar-refractivity contribution >= 4 is 44.5 Å². The number of hydroxylamine groups is 1. The molecular weight excluding hydrogens is 451 g/mol. The minimum absolute atomic E-state index is 0.0262. The zero-order valence-corrected chi connectivity index (χ0v) is 17.3. The largest absolute Gasteiger partial charge is 0.393 e. The summed E-state index contributed by atoms with van der Waals surface area (Å²) in [5, 5.41) is 26.8.